The molecule has 1 rings (SSSR count). The average molecular weight is 218 g/mol. The molecule has 0 saturated carbocycles. The van der Waals surface area contributed by atoms with Crippen molar-refractivity contribution in [3.05, 3.63) is 35.9 Å². The molecule has 0 aliphatic heterocycles. The molecule has 2 atom stereocenters. The second-order valence-corrected chi connectivity index (χ2v) is 4.50. The van der Waals surface area contributed by atoms with E-state index in [-0.39, 0.29) is 5.92 Å². The van der Waals surface area contributed by atoms with Crippen molar-refractivity contribution in [2.24, 2.45) is 5.92 Å². The van der Waals surface area contributed by atoms with Gasteiger partial charge in [-0.2, -0.15) is 0 Å². The number of carbonyl (C=O) groups is 1. The summed E-state index contributed by atoms with van der Waals surface area (Å²) in [5, 5.41) is 0. The zero-order valence-corrected chi connectivity index (χ0v) is 10.4. The third kappa shape index (κ3) is 3.80. The smallest absolute Gasteiger partial charge is 0.123 e. The van der Waals surface area contributed by atoms with E-state index in [4.69, 9.17) is 0 Å². The molecule has 0 aliphatic rings. The number of aldehydes is 1. The Labute approximate surface area is 98.9 Å². The highest BCUT2D eigenvalue weighted by atomic mass is 16.1. The molecule has 0 N–H and O–H groups in total. The van der Waals surface area contributed by atoms with Crippen LogP contribution in [0, 0.1) is 5.92 Å². The summed E-state index contributed by atoms with van der Waals surface area (Å²) in [5.74, 6) is 0.518. The molecule has 0 amide bonds. The van der Waals surface area contributed by atoms with Crippen LogP contribution in [0.2, 0.25) is 0 Å². The van der Waals surface area contributed by atoms with Gasteiger partial charge in [-0.15, -0.1) is 0 Å². The summed E-state index contributed by atoms with van der Waals surface area (Å²) in [6, 6.07) is 10.3. The molecule has 0 saturated heterocycles. The molecule has 16 heavy (non-hydrogen) atoms. The summed E-state index contributed by atoms with van der Waals surface area (Å²) in [4.78, 5) is 11.1. The van der Waals surface area contributed by atoms with Gasteiger partial charge in [-0.1, -0.05) is 63.4 Å². The molecule has 2 unspecified atom stereocenters. The molecular weight excluding hydrogens is 196 g/mol. The maximum atomic E-state index is 11.1. The van der Waals surface area contributed by atoms with Crippen LogP contribution in [-0.4, -0.2) is 6.29 Å². The SMILES string of the molecule is CCCCCC(C=O)C(C)c1ccccc1. The molecule has 0 heterocycles. The van der Waals surface area contributed by atoms with E-state index in [9.17, 15) is 4.79 Å². The van der Waals surface area contributed by atoms with E-state index in [1.165, 1.54) is 18.4 Å². The van der Waals surface area contributed by atoms with Crippen LogP contribution >= 0.6 is 0 Å². The van der Waals surface area contributed by atoms with E-state index in [0.717, 1.165) is 19.1 Å². The first kappa shape index (κ1) is 13.0. The summed E-state index contributed by atoms with van der Waals surface area (Å²) in [6.07, 6.45) is 5.76. The van der Waals surface area contributed by atoms with E-state index >= 15 is 0 Å². The summed E-state index contributed by atoms with van der Waals surface area (Å²) in [6.45, 7) is 4.34. The summed E-state index contributed by atoms with van der Waals surface area (Å²) < 4.78 is 0. The fourth-order valence-electron chi connectivity index (χ4n) is 2.07. The van der Waals surface area contributed by atoms with Crippen molar-refractivity contribution < 1.29 is 4.79 Å². The van der Waals surface area contributed by atoms with E-state index in [0.29, 0.717) is 5.92 Å². The van der Waals surface area contributed by atoms with Gasteiger partial charge in [0.2, 0.25) is 0 Å². The maximum absolute atomic E-state index is 11.1. The Kier molecular flexibility index (Phi) is 5.84. The lowest BCUT2D eigenvalue weighted by molar-refractivity contribution is -0.111. The van der Waals surface area contributed by atoms with Crippen LogP contribution in [0.25, 0.3) is 0 Å². The molecule has 0 aromatic heterocycles. The third-order valence-electron chi connectivity index (χ3n) is 3.28. The maximum Gasteiger partial charge on any atom is 0.123 e. The molecule has 1 nitrogen and oxygen atoms in total. The predicted molar refractivity (Wildman–Crippen MR) is 68.6 cm³/mol. The standard InChI is InChI=1S/C15H22O/c1-3-4-6-11-15(12-16)13(2)14-9-7-5-8-10-14/h5,7-10,12-13,15H,3-4,6,11H2,1-2H3. The minimum atomic E-state index is 0.175. The molecule has 0 radical (unpaired) electrons. The molecule has 0 aliphatic carbocycles. The van der Waals surface area contributed by atoms with Gasteiger partial charge in [-0.3, -0.25) is 0 Å². The van der Waals surface area contributed by atoms with Gasteiger partial charge in [0, 0.05) is 5.92 Å². The highest BCUT2D eigenvalue weighted by molar-refractivity contribution is 5.55. The number of benzene rings is 1. The van der Waals surface area contributed by atoms with Gasteiger partial charge < -0.3 is 4.79 Å². The van der Waals surface area contributed by atoms with Crippen LogP contribution in [0.3, 0.4) is 0 Å². The van der Waals surface area contributed by atoms with Crippen LogP contribution in [0.15, 0.2) is 30.3 Å². The Balaban J connectivity index is 2.55. The lowest BCUT2D eigenvalue weighted by atomic mass is 9.85. The fourth-order valence-corrected chi connectivity index (χ4v) is 2.07. The Morgan fingerprint density at radius 1 is 1.19 bits per heavy atom. The largest absolute Gasteiger partial charge is 0.303 e. The molecule has 0 fully saturated rings. The molecule has 1 aromatic rings. The first-order chi connectivity index (χ1) is 7.79. The van der Waals surface area contributed by atoms with Gasteiger partial charge in [0.05, 0.1) is 0 Å². The Morgan fingerprint density at radius 2 is 1.88 bits per heavy atom. The normalized spacial score (nSPS) is 14.4. The summed E-state index contributed by atoms with van der Waals surface area (Å²) in [5.41, 5.74) is 1.27. The highest BCUT2D eigenvalue weighted by Crippen LogP contribution is 2.26. The average Bonchev–Trinajstić information content (AvgIpc) is 2.35. The zero-order chi connectivity index (χ0) is 11.8. The van der Waals surface area contributed by atoms with Crippen molar-refractivity contribution in [3.8, 4) is 0 Å². The number of unbranched alkanes of at least 4 members (excludes halogenated alkanes) is 2. The Morgan fingerprint density at radius 3 is 2.44 bits per heavy atom. The van der Waals surface area contributed by atoms with Crippen LogP contribution in [0.5, 0.6) is 0 Å². The molecule has 0 spiro atoms. The molecule has 1 aromatic carbocycles. The highest BCUT2D eigenvalue weighted by Gasteiger charge is 2.17. The van der Waals surface area contributed by atoms with Gasteiger partial charge in [-0.25, -0.2) is 0 Å². The Hall–Kier alpha value is -1.11. The van der Waals surface area contributed by atoms with Crippen LogP contribution in [0.1, 0.15) is 51.0 Å². The van der Waals surface area contributed by atoms with Crippen molar-refractivity contribution in [2.45, 2.75) is 45.4 Å². The number of carbonyl (C=O) groups excluding carboxylic acids is 1. The van der Waals surface area contributed by atoms with Crippen molar-refractivity contribution >= 4 is 6.29 Å². The van der Waals surface area contributed by atoms with Crippen LogP contribution < -0.4 is 0 Å². The minimum absolute atomic E-state index is 0.175. The van der Waals surface area contributed by atoms with Gasteiger partial charge in [-0.05, 0) is 17.9 Å². The first-order valence-corrected chi connectivity index (χ1v) is 6.29. The van der Waals surface area contributed by atoms with Gasteiger partial charge >= 0.3 is 0 Å². The van der Waals surface area contributed by atoms with Crippen molar-refractivity contribution in [1.29, 1.82) is 0 Å². The van der Waals surface area contributed by atoms with Crippen molar-refractivity contribution in [1.82, 2.24) is 0 Å². The minimum Gasteiger partial charge on any atom is -0.303 e. The quantitative estimate of drug-likeness (QED) is 0.495. The molecular formula is C15H22O. The van der Waals surface area contributed by atoms with Gasteiger partial charge in [0.25, 0.3) is 0 Å². The first-order valence-electron chi connectivity index (χ1n) is 6.29. The number of hydrogen-bond donors (Lipinski definition) is 0. The second kappa shape index (κ2) is 7.21. The van der Waals surface area contributed by atoms with E-state index < -0.39 is 0 Å². The predicted octanol–water partition coefficient (Wildman–Crippen LogP) is 4.19. The summed E-state index contributed by atoms with van der Waals surface area (Å²) >= 11 is 0. The Bertz CT molecular complexity index is 292. The summed E-state index contributed by atoms with van der Waals surface area (Å²) in [7, 11) is 0. The second-order valence-electron chi connectivity index (χ2n) is 4.50. The monoisotopic (exact) mass is 218 g/mol. The van der Waals surface area contributed by atoms with Crippen molar-refractivity contribution in [3.63, 3.8) is 0 Å². The molecule has 0 bridgehead atoms. The van der Waals surface area contributed by atoms with Crippen LogP contribution in [0.4, 0.5) is 0 Å². The third-order valence-corrected chi connectivity index (χ3v) is 3.28. The lowest BCUT2D eigenvalue weighted by Gasteiger charge is -2.18. The van der Waals surface area contributed by atoms with E-state index in [1.807, 2.05) is 18.2 Å². The number of hydrogen-bond acceptors (Lipinski definition) is 1. The zero-order valence-electron chi connectivity index (χ0n) is 10.4. The lowest BCUT2D eigenvalue weighted by Crippen LogP contribution is -2.11. The molecule has 88 valence electrons. The van der Waals surface area contributed by atoms with E-state index in [2.05, 4.69) is 26.0 Å². The number of rotatable bonds is 7. The van der Waals surface area contributed by atoms with Crippen molar-refractivity contribution in [2.75, 3.05) is 0 Å². The van der Waals surface area contributed by atoms with E-state index in [1.54, 1.807) is 0 Å². The van der Waals surface area contributed by atoms with Gasteiger partial charge in [0.1, 0.15) is 6.29 Å². The molecule has 1 heteroatoms. The topological polar surface area (TPSA) is 17.1 Å². The fraction of sp³-hybridized carbons (Fsp3) is 0.533. The van der Waals surface area contributed by atoms with Gasteiger partial charge in [0.15, 0.2) is 0 Å². The van der Waals surface area contributed by atoms with Crippen LogP contribution in [-0.2, 0) is 4.79 Å².